The number of likely N-dealkylation sites (N-methyl/N-ethyl adjacent to an activating group) is 1. The SMILES string of the molecule is COC1CCN(CC(=O)N(C)Cc2ccc(Cl)s2)C(CN)C1. The molecule has 1 fully saturated rings. The largest absolute Gasteiger partial charge is 0.381 e. The lowest BCUT2D eigenvalue weighted by molar-refractivity contribution is -0.133. The van der Waals surface area contributed by atoms with Gasteiger partial charge in [-0.15, -0.1) is 11.3 Å². The molecule has 1 aliphatic rings. The number of amides is 1. The number of thiophene rings is 1. The molecule has 1 aromatic heterocycles. The van der Waals surface area contributed by atoms with E-state index in [0.29, 0.717) is 19.6 Å². The molecule has 2 N–H and O–H groups in total. The minimum Gasteiger partial charge on any atom is -0.381 e. The molecule has 5 nitrogen and oxygen atoms in total. The molecule has 1 amide bonds. The van der Waals surface area contributed by atoms with Crippen LogP contribution in [0.3, 0.4) is 0 Å². The number of hydrogen-bond acceptors (Lipinski definition) is 5. The highest BCUT2D eigenvalue weighted by atomic mass is 35.5. The molecule has 2 heterocycles. The van der Waals surface area contributed by atoms with E-state index in [0.717, 1.165) is 28.6 Å². The van der Waals surface area contributed by atoms with Gasteiger partial charge in [0.05, 0.1) is 23.5 Å². The van der Waals surface area contributed by atoms with Crippen molar-refractivity contribution in [3.8, 4) is 0 Å². The summed E-state index contributed by atoms with van der Waals surface area (Å²) in [7, 11) is 3.56. The maximum atomic E-state index is 12.4. The predicted octanol–water partition coefficient (Wildman–Crippen LogP) is 1.80. The number of nitrogens with zero attached hydrogens (tertiary/aromatic N) is 2. The van der Waals surface area contributed by atoms with Crippen LogP contribution in [0.1, 0.15) is 17.7 Å². The number of likely N-dealkylation sites (tertiary alicyclic amines) is 1. The van der Waals surface area contributed by atoms with Crippen LogP contribution in [0.4, 0.5) is 0 Å². The van der Waals surface area contributed by atoms with Crippen molar-refractivity contribution in [2.75, 3.05) is 33.8 Å². The monoisotopic (exact) mass is 345 g/mol. The number of hydrogen-bond donors (Lipinski definition) is 1. The average Bonchev–Trinajstić information content (AvgIpc) is 2.92. The number of halogens is 1. The molecular weight excluding hydrogens is 322 g/mol. The van der Waals surface area contributed by atoms with Crippen LogP contribution in [-0.4, -0.2) is 61.6 Å². The maximum Gasteiger partial charge on any atom is 0.236 e. The molecule has 0 aliphatic carbocycles. The van der Waals surface area contributed by atoms with E-state index in [-0.39, 0.29) is 18.1 Å². The molecule has 0 aromatic carbocycles. The lowest BCUT2D eigenvalue weighted by atomic mass is 9.99. The third-order valence-corrected chi connectivity index (χ3v) is 5.40. The van der Waals surface area contributed by atoms with Crippen LogP contribution in [0.25, 0.3) is 0 Å². The molecule has 7 heteroatoms. The van der Waals surface area contributed by atoms with Gasteiger partial charge in [-0.3, -0.25) is 9.69 Å². The number of carbonyl (C=O) groups excluding carboxylic acids is 1. The van der Waals surface area contributed by atoms with Gasteiger partial charge in [0.2, 0.25) is 5.91 Å². The normalized spacial score (nSPS) is 22.7. The molecule has 22 heavy (non-hydrogen) atoms. The highest BCUT2D eigenvalue weighted by Gasteiger charge is 2.29. The van der Waals surface area contributed by atoms with Gasteiger partial charge in [-0.05, 0) is 25.0 Å². The van der Waals surface area contributed by atoms with Gasteiger partial charge in [0, 0.05) is 38.2 Å². The van der Waals surface area contributed by atoms with Crippen molar-refractivity contribution in [1.82, 2.24) is 9.80 Å². The highest BCUT2D eigenvalue weighted by molar-refractivity contribution is 7.16. The summed E-state index contributed by atoms with van der Waals surface area (Å²) in [5.41, 5.74) is 5.85. The lowest BCUT2D eigenvalue weighted by Gasteiger charge is -2.38. The second kappa shape index (κ2) is 8.26. The Morgan fingerprint density at radius 3 is 2.95 bits per heavy atom. The third-order valence-electron chi connectivity index (χ3n) is 4.18. The Hall–Kier alpha value is -0.660. The Morgan fingerprint density at radius 2 is 2.36 bits per heavy atom. The van der Waals surface area contributed by atoms with Crippen LogP contribution in [0.5, 0.6) is 0 Å². The molecule has 2 atom stereocenters. The molecule has 0 bridgehead atoms. The fraction of sp³-hybridized carbons (Fsp3) is 0.667. The molecule has 0 spiro atoms. The summed E-state index contributed by atoms with van der Waals surface area (Å²) in [5, 5.41) is 0. The van der Waals surface area contributed by atoms with E-state index < -0.39 is 0 Å². The molecule has 1 aliphatic heterocycles. The number of ether oxygens (including phenoxy) is 1. The zero-order chi connectivity index (χ0) is 16.1. The predicted molar refractivity (Wildman–Crippen MR) is 90.2 cm³/mol. The Bertz CT molecular complexity index is 497. The van der Waals surface area contributed by atoms with Crippen molar-refractivity contribution < 1.29 is 9.53 Å². The summed E-state index contributed by atoms with van der Waals surface area (Å²) in [6, 6.07) is 4.04. The van der Waals surface area contributed by atoms with Gasteiger partial charge in [0.1, 0.15) is 0 Å². The molecule has 0 saturated carbocycles. The van der Waals surface area contributed by atoms with E-state index in [4.69, 9.17) is 22.1 Å². The molecule has 1 saturated heterocycles. The van der Waals surface area contributed by atoms with Crippen molar-refractivity contribution in [1.29, 1.82) is 0 Å². The molecule has 2 unspecified atom stereocenters. The van der Waals surface area contributed by atoms with Crippen molar-refractivity contribution >= 4 is 28.8 Å². The van der Waals surface area contributed by atoms with Gasteiger partial charge in [-0.2, -0.15) is 0 Å². The average molecular weight is 346 g/mol. The fourth-order valence-corrected chi connectivity index (χ4v) is 3.92. The van der Waals surface area contributed by atoms with Crippen molar-refractivity contribution in [2.45, 2.75) is 31.5 Å². The van der Waals surface area contributed by atoms with E-state index in [1.165, 1.54) is 11.3 Å². The first-order valence-electron chi connectivity index (χ1n) is 7.48. The minimum atomic E-state index is 0.110. The first kappa shape index (κ1) is 17.7. The van der Waals surface area contributed by atoms with Crippen LogP contribution in [0.15, 0.2) is 12.1 Å². The summed E-state index contributed by atoms with van der Waals surface area (Å²) >= 11 is 7.43. The minimum absolute atomic E-state index is 0.110. The second-order valence-electron chi connectivity index (χ2n) is 5.70. The summed E-state index contributed by atoms with van der Waals surface area (Å²) in [5.74, 6) is 0.110. The van der Waals surface area contributed by atoms with Gasteiger partial charge < -0.3 is 15.4 Å². The van der Waals surface area contributed by atoms with Crippen molar-refractivity contribution in [3.63, 3.8) is 0 Å². The summed E-state index contributed by atoms with van der Waals surface area (Å²) in [6.07, 6.45) is 2.10. The van der Waals surface area contributed by atoms with Crippen LogP contribution in [0.2, 0.25) is 4.34 Å². The van der Waals surface area contributed by atoms with E-state index in [1.807, 2.05) is 19.2 Å². The summed E-state index contributed by atoms with van der Waals surface area (Å²) in [6.45, 7) is 2.41. The smallest absolute Gasteiger partial charge is 0.236 e. The van der Waals surface area contributed by atoms with Gasteiger partial charge in [-0.1, -0.05) is 11.6 Å². The zero-order valence-corrected chi connectivity index (χ0v) is 14.7. The fourth-order valence-electron chi connectivity index (χ4n) is 2.78. The van der Waals surface area contributed by atoms with Gasteiger partial charge in [0.25, 0.3) is 0 Å². The molecule has 1 aromatic rings. The molecule has 2 rings (SSSR count). The van der Waals surface area contributed by atoms with Crippen molar-refractivity contribution in [2.24, 2.45) is 5.73 Å². The number of nitrogens with two attached hydrogens (primary N) is 1. The van der Waals surface area contributed by atoms with Gasteiger partial charge >= 0.3 is 0 Å². The Morgan fingerprint density at radius 1 is 1.59 bits per heavy atom. The van der Waals surface area contributed by atoms with Crippen LogP contribution in [0, 0.1) is 0 Å². The highest BCUT2D eigenvalue weighted by Crippen LogP contribution is 2.23. The summed E-state index contributed by atoms with van der Waals surface area (Å²) in [4.78, 5) is 17.4. The molecular formula is C15H24ClN3O2S. The summed E-state index contributed by atoms with van der Waals surface area (Å²) < 4.78 is 6.17. The van der Waals surface area contributed by atoms with E-state index in [9.17, 15) is 4.79 Å². The number of piperidine rings is 1. The van der Waals surface area contributed by atoms with Gasteiger partial charge in [0.15, 0.2) is 0 Å². The number of rotatable bonds is 6. The lowest BCUT2D eigenvalue weighted by Crippen LogP contribution is -2.51. The van der Waals surface area contributed by atoms with E-state index in [1.54, 1.807) is 12.0 Å². The zero-order valence-electron chi connectivity index (χ0n) is 13.1. The standard InChI is InChI=1S/C15H24ClN3O2S/c1-18(9-13-3-4-14(16)22-13)15(20)10-19-6-5-12(21-2)7-11(19)8-17/h3-4,11-12H,5-10,17H2,1-2H3. The number of carbonyl (C=O) groups is 1. The van der Waals surface area contributed by atoms with Gasteiger partial charge in [-0.25, -0.2) is 0 Å². The first-order valence-corrected chi connectivity index (χ1v) is 8.68. The Balaban J connectivity index is 1.87. The molecule has 0 radical (unpaired) electrons. The first-order chi connectivity index (χ1) is 10.5. The third kappa shape index (κ3) is 4.67. The topological polar surface area (TPSA) is 58.8 Å². The molecule has 124 valence electrons. The maximum absolute atomic E-state index is 12.4. The van der Waals surface area contributed by atoms with Crippen molar-refractivity contribution in [3.05, 3.63) is 21.3 Å². The van der Waals surface area contributed by atoms with Crippen LogP contribution < -0.4 is 5.73 Å². The van der Waals surface area contributed by atoms with E-state index in [2.05, 4.69) is 4.90 Å². The Kier molecular flexibility index (Phi) is 6.65. The second-order valence-corrected chi connectivity index (χ2v) is 7.50. The Labute approximate surface area is 141 Å². The number of methoxy groups -OCH3 is 1. The van der Waals surface area contributed by atoms with Crippen LogP contribution >= 0.6 is 22.9 Å². The van der Waals surface area contributed by atoms with E-state index >= 15 is 0 Å². The van der Waals surface area contributed by atoms with Crippen LogP contribution in [-0.2, 0) is 16.1 Å². The quantitative estimate of drug-likeness (QED) is 0.854.